The number of hydrogen-bond acceptors (Lipinski definition) is 3. The van der Waals surface area contributed by atoms with Crippen LogP contribution in [0.1, 0.15) is 10.4 Å². The largest absolute Gasteiger partial charge is 0.389 e. The maximum Gasteiger partial charge on any atom is 0.278 e. The number of carbonyl (C=O) groups excluding carboxylic acids is 1. The van der Waals surface area contributed by atoms with Gasteiger partial charge in [0.25, 0.3) is 5.91 Å². The molecule has 92 valence electrons. The molecule has 1 amide bonds. The highest BCUT2D eigenvalue weighted by atomic mass is 16.7. The quantitative estimate of drug-likeness (QED) is 0.827. The van der Waals surface area contributed by atoms with Crippen molar-refractivity contribution >= 4 is 16.7 Å². The fourth-order valence-electron chi connectivity index (χ4n) is 2.16. The summed E-state index contributed by atoms with van der Waals surface area (Å²) in [6.07, 6.45) is -0.594. The minimum absolute atomic E-state index is 0.177. The molecule has 2 aromatic carbocycles. The molecular weight excluding hydrogens is 230 g/mol. The van der Waals surface area contributed by atoms with Gasteiger partial charge >= 0.3 is 0 Å². The molecule has 0 spiro atoms. The number of nitrogens with zero attached hydrogens (tertiary/aromatic N) is 1. The lowest BCUT2D eigenvalue weighted by Gasteiger charge is -2.15. The van der Waals surface area contributed by atoms with Crippen LogP contribution in [0.25, 0.3) is 10.8 Å². The van der Waals surface area contributed by atoms with Crippen LogP contribution in [0.3, 0.4) is 0 Å². The topological polar surface area (TPSA) is 49.8 Å². The van der Waals surface area contributed by atoms with Crippen molar-refractivity contribution in [1.29, 1.82) is 0 Å². The van der Waals surface area contributed by atoms with Crippen LogP contribution in [0, 0.1) is 0 Å². The molecule has 1 atom stereocenters. The minimum Gasteiger partial charge on any atom is -0.389 e. The number of amides is 1. The molecule has 1 aliphatic heterocycles. The number of hydrogen-bond donors (Lipinski definition) is 1. The number of carbonyl (C=O) groups is 1. The van der Waals surface area contributed by atoms with Gasteiger partial charge in [-0.1, -0.05) is 36.4 Å². The van der Waals surface area contributed by atoms with Gasteiger partial charge < -0.3 is 5.11 Å². The normalized spacial score (nSPS) is 19.4. The number of rotatable bonds is 1. The van der Waals surface area contributed by atoms with Gasteiger partial charge in [0.15, 0.2) is 0 Å². The van der Waals surface area contributed by atoms with Crippen LogP contribution < -0.4 is 0 Å². The van der Waals surface area contributed by atoms with Crippen LogP contribution in [-0.4, -0.2) is 35.3 Å². The molecule has 1 saturated heterocycles. The van der Waals surface area contributed by atoms with E-state index in [2.05, 4.69) is 0 Å². The van der Waals surface area contributed by atoms with Gasteiger partial charge in [-0.15, -0.1) is 0 Å². The lowest BCUT2D eigenvalue weighted by molar-refractivity contribution is -0.0778. The van der Waals surface area contributed by atoms with Crippen LogP contribution in [0.2, 0.25) is 0 Å². The van der Waals surface area contributed by atoms with Crippen molar-refractivity contribution in [3.8, 4) is 0 Å². The smallest absolute Gasteiger partial charge is 0.278 e. The molecule has 1 heterocycles. The van der Waals surface area contributed by atoms with E-state index >= 15 is 0 Å². The van der Waals surface area contributed by atoms with Gasteiger partial charge in [-0.05, 0) is 16.8 Å². The van der Waals surface area contributed by atoms with Crippen molar-refractivity contribution in [3.63, 3.8) is 0 Å². The van der Waals surface area contributed by atoms with Gasteiger partial charge in [-0.3, -0.25) is 9.63 Å². The van der Waals surface area contributed by atoms with E-state index in [0.29, 0.717) is 5.56 Å². The molecule has 0 bridgehead atoms. The van der Waals surface area contributed by atoms with Crippen molar-refractivity contribution in [2.75, 3.05) is 13.2 Å². The van der Waals surface area contributed by atoms with Gasteiger partial charge in [0, 0.05) is 5.56 Å². The highest BCUT2D eigenvalue weighted by Crippen LogP contribution is 2.21. The fourth-order valence-corrected chi connectivity index (χ4v) is 2.16. The first-order valence-corrected chi connectivity index (χ1v) is 5.86. The Bertz CT molecular complexity index is 591. The highest BCUT2D eigenvalue weighted by molar-refractivity contribution is 6.06. The first kappa shape index (κ1) is 11.2. The second-order valence-corrected chi connectivity index (χ2v) is 4.34. The summed E-state index contributed by atoms with van der Waals surface area (Å²) in [5.74, 6) is -0.205. The molecule has 18 heavy (non-hydrogen) atoms. The Morgan fingerprint density at radius 2 is 2.00 bits per heavy atom. The van der Waals surface area contributed by atoms with Gasteiger partial charge in [0.05, 0.1) is 6.54 Å². The van der Waals surface area contributed by atoms with E-state index in [1.807, 2.05) is 36.4 Å². The zero-order valence-electron chi connectivity index (χ0n) is 9.74. The summed E-state index contributed by atoms with van der Waals surface area (Å²) in [6, 6.07) is 13.3. The first-order valence-electron chi connectivity index (χ1n) is 5.86. The third-order valence-corrected chi connectivity index (χ3v) is 3.05. The average Bonchev–Trinajstić information content (AvgIpc) is 2.84. The summed E-state index contributed by atoms with van der Waals surface area (Å²) in [4.78, 5) is 17.5. The van der Waals surface area contributed by atoms with E-state index in [1.54, 1.807) is 6.07 Å². The summed E-state index contributed by atoms with van der Waals surface area (Å²) in [6.45, 7) is 0.401. The average molecular weight is 243 g/mol. The van der Waals surface area contributed by atoms with E-state index < -0.39 is 6.10 Å². The van der Waals surface area contributed by atoms with Crippen molar-refractivity contribution in [3.05, 3.63) is 48.0 Å². The van der Waals surface area contributed by atoms with E-state index in [-0.39, 0.29) is 19.1 Å². The molecule has 0 radical (unpaired) electrons. The molecule has 0 unspecified atom stereocenters. The van der Waals surface area contributed by atoms with E-state index in [4.69, 9.17) is 4.84 Å². The van der Waals surface area contributed by atoms with E-state index in [0.717, 1.165) is 10.8 Å². The number of fused-ring (bicyclic) bond motifs is 1. The van der Waals surface area contributed by atoms with Crippen molar-refractivity contribution in [1.82, 2.24) is 5.06 Å². The zero-order chi connectivity index (χ0) is 12.5. The van der Waals surface area contributed by atoms with Gasteiger partial charge in [0.2, 0.25) is 0 Å². The molecule has 0 aliphatic carbocycles. The van der Waals surface area contributed by atoms with Gasteiger partial charge in [-0.25, -0.2) is 5.06 Å². The molecule has 2 aromatic rings. The number of benzene rings is 2. The van der Waals surface area contributed by atoms with Crippen molar-refractivity contribution in [2.24, 2.45) is 0 Å². The Kier molecular flexibility index (Phi) is 2.74. The lowest BCUT2D eigenvalue weighted by atomic mass is 10.0. The molecular formula is C14H13NO3. The van der Waals surface area contributed by atoms with Crippen LogP contribution in [-0.2, 0) is 4.84 Å². The van der Waals surface area contributed by atoms with Crippen LogP contribution >= 0.6 is 0 Å². The van der Waals surface area contributed by atoms with E-state index in [1.165, 1.54) is 5.06 Å². The molecule has 1 aliphatic rings. The second-order valence-electron chi connectivity index (χ2n) is 4.34. The molecule has 4 nitrogen and oxygen atoms in total. The van der Waals surface area contributed by atoms with E-state index in [9.17, 15) is 9.90 Å². The summed E-state index contributed by atoms with van der Waals surface area (Å²) in [5, 5.41) is 12.5. The van der Waals surface area contributed by atoms with Crippen LogP contribution in [0.5, 0.6) is 0 Å². The van der Waals surface area contributed by atoms with Crippen molar-refractivity contribution in [2.45, 2.75) is 6.10 Å². The maximum absolute atomic E-state index is 12.3. The third kappa shape index (κ3) is 1.85. The van der Waals surface area contributed by atoms with Crippen LogP contribution in [0.4, 0.5) is 0 Å². The minimum atomic E-state index is -0.594. The molecule has 0 saturated carbocycles. The number of β-amino-alcohol motifs (C(OH)–C–C–N with tert-alkyl or cyclic N) is 1. The van der Waals surface area contributed by atoms with Crippen LogP contribution in [0.15, 0.2) is 42.5 Å². The standard InChI is InChI=1S/C14H13NO3/c16-11-8-15(18-9-11)14(17)13-7-3-5-10-4-1-2-6-12(10)13/h1-7,11,16H,8-9H2/t11-/m0/s1. The lowest BCUT2D eigenvalue weighted by Crippen LogP contribution is -2.28. The fraction of sp³-hybridized carbons (Fsp3) is 0.214. The third-order valence-electron chi connectivity index (χ3n) is 3.05. The summed E-state index contributed by atoms with van der Waals surface area (Å²) < 4.78 is 0. The second kappa shape index (κ2) is 4.40. The summed E-state index contributed by atoms with van der Waals surface area (Å²) >= 11 is 0. The molecule has 1 fully saturated rings. The molecule has 3 rings (SSSR count). The van der Waals surface area contributed by atoms with Gasteiger partial charge in [-0.2, -0.15) is 0 Å². The Morgan fingerprint density at radius 1 is 1.22 bits per heavy atom. The Balaban J connectivity index is 2.01. The Hall–Kier alpha value is -1.91. The SMILES string of the molecule is O=C(c1cccc2ccccc12)N1C[C@H](O)CO1. The monoisotopic (exact) mass is 243 g/mol. The summed E-state index contributed by atoms with van der Waals surface area (Å²) in [7, 11) is 0. The highest BCUT2D eigenvalue weighted by Gasteiger charge is 2.27. The maximum atomic E-state index is 12.3. The number of aliphatic hydroxyl groups excluding tert-OH is 1. The Morgan fingerprint density at radius 3 is 2.78 bits per heavy atom. The predicted molar refractivity (Wildman–Crippen MR) is 66.9 cm³/mol. The Labute approximate surface area is 104 Å². The predicted octanol–water partition coefficient (Wildman–Crippen LogP) is 1.59. The first-order chi connectivity index (χ1) is 8.75. The van der Waals surface area contributed by atoms with Gasteiger partial charge in [0.1, 0.15) is 12.7 Å². The molecule has 0 aromatic heterocycles. The molecule has 4 heteroatoms. The number of aliphatic hydroxyl groups is 1. The molecule has 1 N–H and O–H groups in total. The summed E-state index contributed by atoms with van der Waals surface area (Å²) in [5.41, 5.74) is 0.599. The zero-order valence-corrected chi connectivity index (χ0v) is 9.74. The number of hydroxylamine groups is 2. The van der Waals surface area contributed by atoms with Crippen molar-refractivity contribution < 1.29 is 14.7 Å².